The molecule has 1 atom stereocenters. The summed E-state index contributed by atoms with van der Waals surface area (Å²) in [4.78, 5) is 12.0. The van der Waals surface area contributed by atoms with Gasteiger partial charge in [-0.1, -0.05) is 18.2 Å². The molecule has 0 saturated carbocycles. The number of phenols is 1. The van der Waals surface area contributed by atoms with Crippen molar-refractivity contribution in [3.8, 4) is 11.5 Å². The van der Waals surface area contributed by atoms with Gasteiger partial charge in [0.15, 0.2) is 0 Å². The van der Waals surface area contributed by atoms with Gasteiger partial charge in [0.1, 0.15) is 11.5 Å². The van der Waals surface area contributed by atoms with Crippen molar-refractivity contribution in [3.63, 3.8) is 0 Å². The standard InChI is InChI=1S/C18H18N2O3/c1-12(21)20-17(15-5-3-4-6-18(15)23-2)11-16(19-20)13-7-9-14(22)10-8-13/h3-10,17,22H,11H2,1-2H3/t17-/m1/s1. The van der Waals surface area contributed by atoms with E-state index in [1.165, 1.54) is 11.9 Å². The Morgan fingerprint density at radius 2 is 1.91 bits per heavy atom. The Bertz CT molecular complexity index is 753. The lowest BCUT2D eigenvalue weighted by Gasteiger charge is -2.22. The van der Waals surface area contributed by atoms with Crippen molar-refractivity contribution in [3.05, 3.63) is 59.7 Å². The molecule has 1 aliphatic heterocycles. The number of methoxy groups -OCH3 is 1. The van der Waals surface area contributed by atoms with Gasteiger partial charge in [-0.05, 0) is 35.9 Å². The fourth-order valence-corrected chi connectivity index (χ4v) is 2.81. The topological polar surface area (TPSA) is 62.1 Å². The Morgan fingerprint density at radius 3 is 2.57 bits per heavy atom. The number of ether oxygens (including phenoxy) is 1. The van der Waals surface area contributed by atoms with Crippen LogP contribution in [0.5, 0.6) is 11.5 Å². The molecular weight excluding hydrogens is 292 g/mol. The van der Waals surface area contributed by atoms with Crippen molar-refractivity contribution in [2.24, 2.45) is 5.10 Å². The lowest BCUT2D eigenvalue weighted by atomic mass is 9.97. The van der Waals surface area contributed by atoms with E-state index in [0.717, 1.165) is 22.6 Å². The molecular formula is C18H18N2O3. The predicted molar refractivity (Wildman–Crippen MR) is 87.5 cm³/mol. The third-order valence-electron chi connectivity index (χ3n) is 3.93. The third-order valence-corrected chi connectivity index (χ3v) is 3.93. The largest absolute Gasteiger partial charge is 0.508 e. The zero-order valence-electron chi connectivity index (χ0n) is 13.1. The van der Waals surface area contributed by atoms with E-state index in [-0.39, 0.29) is 17.7 Å². The zero-order valence-corrected chi connectivity index (χ0v) is 13.1. The highest BCUT2D eigenvalue weighted by molar-refractivity contribution is 6.03. The summed E-state index contributed by atoms with van der Waals surface area (Å²) in [6.45, 7) is 1.51. The van der Waals surface area contributed by atoms with Crippen LogP contribution >= 0.6 is 0 Å². The molecule has 0 aliphatic carbocycles. The number of para-hydroxylation sites is 1. The minimum absolute atomic E-state index is 0.116. The van der Waals surface area contributed by atoms with E-state index in [2.05, 4.69) is 5.10 Å². The molecule has 0 bridgehead atoms. The molecule has 0 spiro atoms. The number of phenolic OH excluding ortho intramolecular Hbond substituents is 1. The number of carbonyl (C=O) groups is 1. The second kappa shape index (κ2) is 6.12. The molecule has 1 aliphatic rings. The van der Waals surface area contributed by atoms with Crippen LogP contribution in [0.25, 0.3) is 0 Å². The Morgan fingerprint density at radius 1 is 1.22 bits per heavy atom. The fraction of sp³-hybridized carbons (Fsp3) is 0.222. The summed E-state index contributed by atoms with van der Waals surface area (Å²) < 4.78 is 5.42. The second-order valence-electron chi connectivity index (χ2n) is 5.42. The van der Waals surface area contributed by atoms with E-state index in [0.29, 0.717) is 6.42 Å². The number of benzene rings is 2. The van der Waals surface area contributed by atoms with Gasteiger partial charge in [0, 0.05) is 18.9 Å². The molecule has 5 heteroatoms. The molecule has 3 rings (SSSR count). The van der Waals surface area contributed by atoms with Gasteiger partial charge < -0.3 is 9.84 Å². The van der Waals surface area contributed by atoms with Crippen molar-refractivity contribution >= 4 is 11.6 Å². The van der Waals surface area contributed by atoms with Crippen LogP contribution in [-0.4, -0.2) is 28.8 Å². The molecule has 0 fully saturated rings. The maximum absolute atomic E-state index is 12.0. The van der Waals surface area contributed by atoms with Crippen molar-refractivity contribution in [1.82, 2.24) is 5.01 Å². The molecule has 1 amide bonds. The normalized spacial score (nSPS) is 17.0. The molecule has 0 unspecified atom stereocenters. The van der Waals surface area contributed by atoms with E-state index in [1.54, 1.807) is 31.4 Å². The minimum Gasteiger partial charge on any atom is -0.508 e. The van der Waals surface area contributed by atoms with Gasteiger partial charge in [-0.2, -0.15) is 5.10 Å². The summed E-state index contributed by atoms with van der Waals surface area (Å²) in [6, 6.07) is 14.3. The maximum Gasteiger partial charge on any atom is 0.240 e. The first-order chi connectivity index (χ1) is 11.1. The van der Waals surface area contributed by atoms with Crippen LogP contribution in [0.2, 0.25) is 0 Å². The van der Waals surface area contributed by atoms with Crippen LogP contribution in [0.1, 0.15) is 30.5 Å². The molecule has 2 aromatic carbocycles. The number of nitrogens with zero attached hydrogens (tertiary/aromatic N) is 2. The first kappa shape index (κ1) is 15.1. The van der Waals surface area contributed by atoms with Crippen molar-refractivity contribution < 1.29 is 14.6 Å². The van der Waals surface area contributed by atoms with E-state index in [9.17, 15) is 9.90 Å². The van der Waals surface area contributed by atoms with Gasteiger partial charge in [-0.25, -0.2) is 5.01 Å². The van der Waals surface area contributed by atoms with Gasteiger partial charge in [-0.15, -0.1) is 0 Å². The summed E-state index contributed by atoms with van der Waals surface area (Å²) in [5.74, 6) is 0.831. The number of amides is 1. The molecule has 0 saturated heterocycles. The molecule has 1 heterocycles. The molecule has 0 radical (unpaired) electrons. The smallest absolute Gasteiger partial charge is 0.240 e. The quantitative estimate of drug-likeness (QED) is 0.947. The minimum atomic E-state index is -0.188. The number of hydrogen-bond acceptors (Lipinski definition) is 4. The predicted octanol–water partition coefficient (Wildman–Crippen LogP) is 3.10. The van der Waals surface area contributed by atoms with Crippen LogP contribution in [0.15, 0.2) is 53.6 Å². The Kier molecular flexibility index (Phi) is 4.02. The summed E-state index contributed by atoms with van der Waals surface area (Å²) in [5.41, 5.74) is 2.64. The highest BCUT2D eigenvalue weighted by atomic mass is 16.5. The lowest BCUT2D eigenvalue weighted by molar-refractivity contribution is -0.130. The number of rotatable bonds is 3. The van der Waals surface area contributed by atoms with Crippen LogP contribution in [0.3, 0.4) is 0 Å². The number of carbonyl (C=O) groups excluding carboxylic acids is 1. The van der Waals surface area contributed by atoms with Gasteiger partial charge in [0.25, 0.3) is 0 Å². The maximum atomic E-state index is 12.0. The Labute approximate surface area is 134 Å². The molecule has 2 aromatic rings. The highest BCUT2D eigenvalue weighted by Crippen LogP contribution is 2.37. The van der Waals surface area contributed by atoms with Crippen molar-refractivity contribution in [2.75, 3.05) is 7.11 Å². The van der Waals surface area contributed by atoms with Gasteiger partial charge in [-0.3, -0.25) is 4.79 Å². The fourth-order valence-electron chi connectivity index (χ4n) is 2.81. The van der Waals surface area contributed by atoms with Crippen molar-refractivity contribution in [1.29, 1.82) is 0 Å². The SMILES string of the molecule is COc1ccccc1[C@H]1CC(c2ccc(O)cc2)=NN1C(C)=O. The second-order valence-corrected chi connectivity index (χ2v) is 5.42. The molecule has 0 aromatic heterocycles. The molecule has 1 N–H and O–H groups in total. The lowest BCUT2D eigenvalue weighted by Crippen LogP contribution is -2.24. The van der Waals surface area contributed by atoms with Crippen LogP contribution in [0.4, 0.5) is 0 Å². The summed E-state index contributed by atoms with van der Waals surface area (Å²) in [5, 5.41) is 15.4. The van der Waals surface area contributed by atoms with Crippen LogP contribution < -0.4 is 4.74 Å². The monoisotopic (exact) mass is 310 g/mol. The Balaban J connectivity index is 1.97. The van der Waals surface area contributed by atoms with Crippen LogP contribution in [0, 0.1) is 0 Å². The van der Waals surface area contributed by atoms with E-state index in [4.69, 9.17) is 4.74 Å². The first-order valence-corrected chi connectivity index (χ1v) is 7.39. The highest BCUT2D eigenvalue weighted by Gasteiger charge is 2.33. The number of aromatic hydroxyl groups is 1. The van der Waals surface area contributed by atoms with E-state index >= 15 is 0 Å². The van der Waals surface area contributed by atoms with Gasteiger partial charge in [0.2, 0.25) is 5.91 Å². The first-order valence-electron chi connectivity index (χ1n) is 7.39. The zero-order chi connectivity index (χ0) is 16.4. The molecule has 118 valence electrons. The number of hydrazone groups is 1. The summed E-state index contributed by atoms with van der Waals surface area (Å²) in [6.07, 6.45) is 0.602. The van der Waals surface area contributed by atoms with E-state index < -0.39 is 0 Å². The molecule has 5 nitrogen and oxygen atoms in total. The summed E-state index contributed by atoms with van der Waals surface area (Å²) >= 11 is 0. The average molecular weight is 310 g/mol. The third kappa shape index (κ3) is 2.90. The van der Waals surface area contributed by atoms with E-state index in [1.807, 2.05) is 24.3 Å². The number of hydrogen-bond donors (Lipinski definition) is 1. The summed E-state index contributed by atoms with van der Waals surface area (Å²) in [7, 11) is 1.62. The average Bonchev–Trinajstić information content (AvgIpc) is 3.01. The van der Waals surface area contributed by atoms with Crippen molar-refractivity contribution in [2.45, 2.75) is 19.4 Å². The Hall–Kier alpha value is -2.82. The van der Waals surface area contributed by atoms with Gasteiger partial charge in [0.05, 0.1) is 18.9 Å². The molecule has 23 heavy (non-hydrogen) atoms. The van der Waals surface area contributed by atoms with Crippen LogP contribution in [-0.2, 0) is 4.79 Å². The van der Waals surface area contributed by atoms with Gasteiger partial charge >= 0.3 is 0 Å².